The second-order valence-electron chi connectivity index (χ2n) is 4.14. The fourth-order valence-electron chi connectivity index (χ4n) is 2.43. The van der Waals surface area contributed by atoms with Crippen LogP contribution in [0.3, 0.4) is 0 Å². The molecule has 0 radical (unpaired) electrons. The highest BCUT2D eigenvalue weighted by Crippen LogP contribution is 2.39. The number of hydrogen-bond acceptors (Lipinski definition) is 6. The maximum atomic E-state index is 11.9. The van der Waals surface area contributed by atoms with Crippen molar-refractivity contribution in [3.63, 3.8) is 0 Å². The van der Waals surface area contributed by atoms with Gasteiger partial charge in [0, 0.05) is 19.5 Å². The number of thiol groups is 1. The molecular weight excluding hydrogens is 278 g/mol. The van der Waals surface area contributed by atoms with Crippen molar-refractivity contribution in [1.82, 2.24) is 14.5 Å². The van der Waals surface area contributed by atoms with Gasteiger partial charge in [-0.25, -0.2) is 9.08 Å². The summed E-state index contributed by atoms with van der Waals surface area (Å²) in [5, 5.41) is 10.2. The van der Waals surface area contributed by atoms with E-state index in [0.717, 1.165) is 21.9 Å². The Morgan fingerprint density at radius 1 is 1.50 bits per heavy atom. The Hall–Kier alpha value is -1.03. The quantitative estimate of drug-likeness (QED) is 0.605. The van der Waals surface area contributed by atoms with Gasteiger partial charge in [0.2, 0.25) is 0 Å². The highest BCUT2D eigenvalue weighted by molar-refractivity contribution is 7.75. The Morgan fingerprint density at radius 2 is 2.28 bits per heavy atom. The number of nitrogens with zero attached hydrogens (tertiary/aromatic N) is 3. The number of aliphatic hydroxyl groups is 1. The van der Waals surface area contributed by atoms with Crippen LogP contribution in [0.1, 0.15) is 16.6 Å². The molecule has 1 aromatic rings. The Bertz CT molecular complexity index is 554. The standard InChI is InChI=1S/C9H11N3O4S2/c13-2-1-11-5-3-10-4-6(7(5)18-9(11)15)12(16-17)8(10)14/h6,13,17H,1-4H2. The number of rotatable bonds is 3. The molecule has 7 nitrogen and oxygen atoms in total. The average molecular weight is 289 g/mol. The fourth-order valence-corrected chi connectivity index (χ4v) is 3.71. The lowest BCUT2D eigenvalue weighted by atomic mass is 10.1. The third-order valence-electron chi connectivity index (χ3n) is 3.22. The van der Waals surface area contributed by atoms with Crippen molar-refractivity contribution in [2.24, 2.45) is 0 Å². The van der Waals surface area contributed by atoms with Gasteiger partial charge in [-0.2, -0.15) is 5.06 Å². The van der Waals surface area contributed by atoms with Crippen molar-refractivity contribution in [2.45, 2.75) is 19.1 Å². The lowest BCUT2D eigenvalue weighted by Crippen LogP contribution is -2.31. The van der Waals surface area contributed by atoms with Crippen molar-refractivity contribution in [1.29, 1.82) is 0 Å². The van der Waals surface area contributed by atoms with Crippen molar-refractivity contribution in [3.05, 3.63) is 20.2 Å². The zero-order valence-corrected chi connectivity index (χ0v) is 11.0. The molecule has 0 saturated carbocycles. The van der Waals surface area contributed by atoms with E-state index in [4.69, 9.17) is 9.39 Å². The first-order valence-corrected chi connectivity index (χ1v) is 6.58. The molecule has 18 heavy (non-hydrogen) atoms. The maximum Gasteiger partial charge on any atom is 0.346 e. The molecule has 3 heterocycles. The van der Waals surface area contributed by atoms with Crippen molar-refractivity contribution < 1.29 is 14.2 Å². The van der Waals surface area contributed by atoms with Crippen LogP contribution in [0, 0.1) is 0 Å². The second-order valence-corrected chi connectivity index (χ2v) is 5.30. The molecule has 0 aromatic carbocycles. The first-order chi connectivity index (χ1) is 8.67. The van der Waals surface area contributed by atoms with Crippen LogP contribution in [0.2, 0.25) is 0 Å². The van der Waals surface area contributed by atoms with Gasteiger partial charge in [-0.3, -0.25) is 9.36 Å². The Morgan fingerprint density at radius 3 is 2.94 bits per heavy atom. The number of urea groups is 1. The number of hydrogen-bond donors (Lipinski definition) is 2. The zero-order valence-electron chi connectivity index (χ0n) is 9.27. The summed E-state index contributed by atoms with van der Waals surface area (Å²) < 4.78 is 6.31. The zero-order chi connectivity index (χ0) is 12.9. The van der Waals surface area contributed by atoms with Crippen molar-refractivity contribution in [3.8, 4) is 0 Å². The van der Waals surface area contributed by atoms with Crippen LogP contribution in [-0.2, 0) is 17.4 Å². The van der Waals surface area contributed by atoms with Crippen LogP contribution < -0.4 is 4.87 Å². The lowest BCUT2D eigenvalue weighted by molar-refractivity contribution is -0.00269. The number of fused-ring (bicyclic) bond motifs is 4. The van der Waals surface area contributed by atoms with Crippen LogP contribution in [-0.4, -0.2) is 38.8 Å². The van der Waals surface area contributed by atoms with E-state index in [1.807, 2.05) is 0 Å². The topological polar surface area (TPSA) is 75.0 Å². The van der Waals surface area contributed by atoms with E-state index in [0.29, 0.717) is 13.1 Å². The van der Waals surface area contributed by atoms with Gasteiger partial charge in [-0.05, 0) is 0 Å². The summed E-state index contributed by atoms with van der Waals surface area (Å²) in [6.07, 6.45) is 0. The van der Waals surface area contributed by atoms with Crippen LogP contribution in [0.5, 0.6) is 0 Å². The summed E-state index contributed by atoms with van der Waals surface area (Å²) in [7, 11) is 0. The minimum absolute atomic E-state index is 0.103. The lowest BCUT2D eigenvalue weighted by Gasteiger charge is -2.22. The van der Waals surface area contributed by atoms with Gasteiger partial charge in [-0.15, -0.1) is 0 Å². The molecule has 1 atom stereocenters. The summed E-state index contributed by atoms with van der Waals surface area (Å²) in [6, 6.07) is -0.530. The normalized spacial score (nSPS) is 21.7. The fraction of sp³-hybridized carbons (Fsp3) is 0.556. The molecule has 2 amide bonds. The highest BCUT2D eigenvalue weighted by Gasteiger charge is 2.46. The highest BCUT2D eigenvalue weighted by atomic mass is 32.1. The molecule has 3 rings (SSSR count). The van der Waals surface area contributed by atoms with Gasteiger partial charge >= 0.3 is 10.9 Å². The van der Waals surface area contributed by atoms with Crippen molar-refractivity contribution >= 4 is 30.3 Å². The molecule has 2 aliphatic rings. The Labute approximate surface area is 112 Å². The van der Waals surface area contributed by atoms with E-state index in [1.54, 1.807) is 4.90 Å². The van der Waals surface area contributed by atoms with Crippen molar-refractivity contribution in [2.75, 3.05) is 13.2 Å². The first-order valence-electron chi connectivity index (χ1n) is 5.40. The summed E-state index contributed by atoms with van der Waals surface area (Å²) in [5.41, 5.74) is 0.788. The predicted octanol–water partition coefficient (Wildman–Crippen LogP) is -0.0292. The molecule has 2 aliphatic heterocycles. The van der Waals surface area contributed by atoms with Crippen LogP contribution in [0.15, 0.2) is 4.79 Å². The summed E-state index contributed by atoms with van der Waals surface area (Å²) in [4.78, 5) is 26.0. The van der Waals surface area contributed by atoms with E-state index in [2.05, 4.69) is 12.9 Å². The molecule has 98 valence electrons. The summed E-state index contributed by atoms with van der Waals surface area (Å²) in [6.45, 7) is 1.03. The molecular formula is C9H11N3O4S2. The molecule has 1 aromatic heterocycles. The number of aromatic nitrogens is 1. The minimum Gasteiger partial charge on any atom is -0.395 e. The number of hydroxylamine groups is 2. The van der Waals surface area contributed by atoms with Gasteiger partial charge in [-0.1, -0.05) is 11.3 Å². The third kappa shape index (κ3) is 1.51. The third-order valence-corrected chi connectivity index (χ3v) is 4.52. The van der Waals surface area contributed by atoms with Crippen LogP contribution in [0.25, 0.3) is 0 Å². The van der Waals surface area contributed by atoms with Crippen LogP contribution in [0.4, 0.5) is 4.79 Å². The van der Waals surface area contributed by atoms with E-state index in [1.165, 1.54) is 9.63 Å². The molecule has 1 saturated heterocycles. The summed E-state index contributed by atoms with van der Waals surface area (Å²) in [5.74, 6) is 0. The van der Waals surface area contributed by atoms with Crippen LogP contribution >= 0.6 is 24.2 Å². The summed E-state index contributed by atoms with van der Waals surface area (Å²) >= 11 is 4.78. The van der Waals surface area contributed by atoms with E-state index >= 15 is 0 Å². The number of carbonyl (C=O) groups excluding carboxylic acids is 1. The molecule has 1 N–H and O–H groups in total. The SMILES string of the molecule is O=C1N2Cc3c(sc(=O)n3CCO)C(C2)N1OS. The maximum absolute atomic E-state index is 11.9. The van der Waals surface area contributed by atoms with Gasteiger partial charge < -0.3 is 10.0 Å². The van der Waals surface area contributed by atoms with Gasteiger partial charge in [0.15, 0.2) is 0 Å². The number of aliphatic hydroxyl groups excluding tert-OH is 1. The second kappa shape index (κ2) is 4.26. The van der Waals surface area contributed by atoms with Gasteiger partial charge in [0.1, 0.15) is 6.04 Å². The Kier molecular flexibility index (Phi) is 2.85. The smallest absolute Gasteiger partial charge is 0.346 e. The van der Waals surface area contributed by atoms with Gasteiger partial charge in [0.05, 0.1) is 30.3 Å². The first kappa shape index (κ1) is 12.0. The number of thiazole rings is 1. The van der Waals surface area contributed by atoms with E-state index in [-0.39, 0.29) is 30.1 Å². The van der Waals surface area contributed by atoms with Gasteiger partial charge in [0.25, 0.3) is 0 Å². The molecule has 0 aliphatic carbocycles. The molecule has 1 fully saturated rings. The molecule has 0 spiro atoms. The molecule has 2 bridgehead atoms. The monoisotopic (exact) mass is 289 g/mol. The molecule has 9 heteroatoms. The van der Waals surface area contributed by atoms with E-state index in [9.17, 15) is 9.59 Å². The van der Waals surface area contributed by atoms with E-state index < -0.39 is 0 Å². The Balaban J connectivity index is 2.08. The largest absolute Gasteiger partial charge is 0.395 e. The predicted molar refractivity (Wildman–Crippen MR) is 66.1 cm³/mol. The number of carbonyl (C=O) groups is 1. The number of amides is 2. The molecule has 1 unspecified atom stereocenters. The minimum atomic E-state index is -0.281. The average Bonchev–Trinajstić information content (AvgIpc) is 2.80.